The molecule has 0 atom stereocenters. The average molecular weight is 325 g/mol. The minimum Gasteiger partial charge on any atom is -0.530 e. The van der Waals surface area contributed by atoms with E-state index in [0.717, 1.165) is 12.8 Å². The smallest absolute Gasteiger partial charge is 0.244 e. The van der Waals surface area contributed by atoms with Gasteiger partial charge in [-0.3, -0.25) is 0 Å². The van der Waals surface area contributed by atoms with Crippen LogP contribution in [0.2, 0.25) is 0 Å². The quantitative estimate of drug-likeness (QED) is 0.668. The minimum absolute atomic E-state index is 0.177. The molecule has 0 aliphatic heterocycles. The number of carbonyl (C=O) groups is 1. The zero-order valence-corrected chi connectivity index (χ0v) is 16.0. The molecule has 0 saturated carbocycles. The first kappa shape index (κ1) is 21.5. The molecule has 0 unspecified atom stereocenters. The lowest BCUT2D eigenvalue weighted by Gasteiger charge is -2.16. The molecule has 0 spiro atoms. The number of rotatable bonds is 5. The van der Waals surface area contributed by atoms with Crippen LogP contribution < -0.4 is 15.0 Å². The maximum atomic E-state index is 9.81. The van der Waals surface area contributed by atoms with E-state index in [4.69, 9.17) is 0 Å². The third kappa shape index (κ3) is 9.97. The first-order valence-corrected chi connectivity index (χ1v) is 8.53. The van der Waals surface area contributed by atoms with Crippen molar-refractivity contribution in [1.82, 2.24) is 9.88 Å². The molecule has 1 N–H and O–H groups in total. The van der Waals surface area contributed by atoms with Crippen LogP contribution in [0.5, 0.6) is 0 Å². The second-order valence-corrected chi connectivity index (χ2v) is 7.84. The predicted molar refractivity (Wildman–Crippen MR) is 92.2 cm³/mol. The van der Waals surface area contributed by atoms with Crippen LogP contribution in [0.4, 0.5) is 4.79 Å². The lowest BCUT2D eigenvalue weighted by Crippen LogP contribution is -2.48. The maximum Gasteiger partial charge on any atom is 0.244 e. The molecule has 0 saturated heterocycles. The molecule has 0 aliphatic rings. The summed E-state index contributed by atoms with van der Waals surface area (Å²) in [5.41, 5.74) is 0.354. The van der Waals surface area contributed by atoms with E-state index in [1.54, 1.807) is 0 Å². The number of aromatic nitrogens is 2. The highest BCUT2D eigenvalue weighted by Gasteiger charge is 2.24. The summed E-state index contributed by atoms with van der Waals surface area (Å²) in [7, 11) is 0. The Hall–Kier alpha value is -1.52. The van der Waals surface area contributed by atoms with Crippen LogP contribution in [-0.4, -0.2) is 17.2 Å². The van der Waals surface area contributed by atoms with Crippen molar-refractivity contribution in [2.75, 3.05) is 6.54 Å². The molecule has 5 heteroatoms. The van der Waals surface area contributed by atoms with E-state index >= 15 is 0 Å². The maximum absolute atomic E-state index is 9.81. The van der Waals surface area contributed by atoms with Crippen molar-refractivity contribution in [2.24, 2.45) is 0 Å². The summed E-state index contributed by atoms with van der Waals surface area (Å²) in [5.74, 6) is 0. The fraction of sp³-hybridized carbons (Fsp3) is 0.778. The van der Waals surface area contributed by atoms with Crippen molar-refractivity contribution in [3.05, 3.63) is 18.7 Å². The largest absolute Gasteiger partial charge is 0.530 e. The Morgan fingerprint density at radius 2 is 1.74 bits per heavy atom. The molecule has 1 aromatic heterocycles. The number of amides is 1. The number of imidazole rings is 1. The van der Waals surface area contributed by atoms with Gasteiger partial charge in [-0.25, -0.2) is 9.13 Å². The second kappa shape index (κ2) is 9.58. The van der Waals surface area contributed by atoms with Crippen LogP contribution in [0.25, 0.3) is 0 Å². The Bertz CT molecular complexity index is 425. The zero-order valence-electron chi connectivity index (χ0n) is 16.0. The molecule has 0 aliphatic carbocycles. The summed E-state index contributed by atoms with van der Waals surface area (Å²) >= 11 is 0. The number of carbonyl (C=O) groups excluding carboxylic acids is 1. The highest BCUT2D eigenvalue weighted by molar-refractivity contribution is 5.61. The molecule has 0 aromatic carbocycles. The summed E-state index contributed by atoms with van der Waals surface area (Å²) in [6.45, 7) is 15.9. The summed E-state index contributed by atoms with van der Waals surface area (Å²) < 4.78 is 4.47. The van der Waals surface area contributed by atoms with Gasteiger partial charge in [0.2, 0.25) is 6.33 Å². The number of hydrogen-bond acceptors (Lipinski definition) is 2. The van der Waals surface area contributed by atoms with Gasteiger partial charge in [0.1, 0.15) is 29.6 Å². The van der Waals surface area contributed by atoms with Gasteiger partial charge in [-0.2, -0.15) is 0 Å². The first-order chi connectivity index (χ1) is 10.5. The summed E-state index contributed by atoms with van der Waals surface area (Å²) in [6, 6.07) is 0. The Balaban J connectivity index is 0.000000438. The SMILES string of the molecule is CC(C)(C)n1cc[n+](C(C)(C)C)c1.CCCCCCNC(=O)[O-]. The molecule has 1 aromatic rings. The Morgan fingerprint density at radius 1 is 1.13 bits per heavy atom. The van der Waals surface area contributed by atoms with E-state index in [-0.39, 0.29) is 11.1 Å². The lowest BCUT2D eigenvalue weighted by atomic mass is 10.1. The highest BCUT2D eigenvalue weighted by atomic mass is 16.4. The van der Waals surface area contributed by atoms with Crippen LogP contribution >= 0.6 is 0 Å². The van der Waals surface area contributed by atoms with E-state index < -0.39 is 6.09 Å². The zero-order chi connectivity index (χ0) is 18.1. The van der Waals surface area contributed by atoms with E-state index in [1.807, 2.05) is 0 Å². The third-order valence-corrected chi connectivity index (χ3v) is 3.49. The fourth-order valence-corrected chi connectivity index (χ4v) is 1.89. The molecule has 0 bridgehead atoms. The molecular formula is C18H35N3O2. The van der Waals surface area contributed by atoms with Crippen LogP contribution in [0.3, 0.4) is 0 Å². The molecule has 1 rings (SSSR count). The van der Waals surface area contributed by atoms with Gasteiger partial charge in [-0.1, -0.05) is 26.2 Å². The first-order valence-electron chi connectivity index (χ1n) is 8.53. The van der Waals surface area contributed by atoms with E-state index in [2.05, 4.69) is 81.6 Å². The second-order valence-electron chi connectivity index (χ2n) is 7.84. The van der Waals surface area contributed by atoms with Crippen molar-refractivity contribution in [2.45, 2.75) is 85.2 Å². The molecule has 23 heavy (non-hydrogen) atoms. The van der Waals surface area contributed by atoms with E-state index in [0.29, 0.717) is 6.54 Å². The van der Waals surface area contributed by atoms with Crippen molar-refractivity contribution >= 4 is 6.09 Å². The minimum atomic E-state index is -1.17. The van der Waals surface area contributed by atoms with E-state index in [1.165, 1.54) is 12.8 Å². The van der Waals surface area contributed by atoms with Gasteiger partial charge in [0, 0.05) is 6.54 Å². The molecule has 1 heterocycles. The number of hydrogen-bond donors (Lipinski definition) is 1. The van der Waals surface area contributed by atoms with Crippen molar-refractivity contribution < 1.29 is 14.5 Å². The van der Waals surface area contributed by atoms with Crippen molar-refractivity contribution in [1.29, 1.82) is 0 Å². The van der Waals surface area contributed by atoms with Gasteiger partial charge in [-0.15, -0.1) is 0 Å². The number of nitrogens with one attached hydrogen (secondary N) is 1. The van der Waals surface area contributed by atoms with Crippen LogP contribution in [0, 0.1) is 0 Å². The Kier molecular flexibility index (Phi) is 8.95. The van der Waals surface area contributed by atoms with Gasteiger partial charge in [0.05, 0.1) is 0 Å². The standard InChI is InChI=1S/C11H21N2.C7H15NO2/c1-10(2,3)12-7-8-13(9-12)11(4,5)6;1-2-3-4-5-6-8-7(9)10/h7-9H,1-6H3;8H,2-6H2,1H3,(H,9,10)/q+1;/p-1. The van der Waals surface area contributed by atoms with Gasteiger partial charge < -0.3 is 15.2 Å². The summed E-state index contributed by atoms with van der Waals surface area (Å²) in [5, 5.41) is 12.0. The normalized spacial score (nSPS) is 11.6. The lowest BCUT2D eigenvalue weighted by molar-refractivity contribution is -0.753. The molecule has 5 nitrogen and oxygen atoms in total. The summed E-state index contributed by atoms with van der Waals surface area (Å²) in [4.78, 5) is 9.81. The average Bonchev–Trinajstić information content (AvgIpc) is 2.88. The topological polar surface area (TPSA) is 61.0 Å². The van der Waals surface area contributed by atoms with Gasteiger partial charge in [0.15, 0.2) is 0 Å². The van der Waals surface area contributed by atoms with Crippen LogP contribution in [0.1, 0.15) is 74.1 Å². The molecular weight excluding hydrogens is 290 g/mol. The monoisotopic (exact) mass is 325 g/mol. The van der Waals surface area contributed by atoms with Crippen LogP contribution in [-0.2, 0) is 11.1 Å². The Labute approximate surface area is 141 Å². The van der Waals surface area contributed by atoms with Gasteiger partial charge >= 0.3 is 0 Å². The van der Waals surface area contributed by atoms with Crippen molar-refractivity contribution in [3.8, 4) is 0 Å². The number of nitrogens with zero attached hydrogens (tertiary/aromatic N) is 2. The van der Waals surface area contributed by atoms with Gasteiger partial charge in [-0.05, 0) is 48.0 Å². The molecule has 1 amide bonds. The summed E-state index contributed by atoms with van der Waals surface area (Å²) in [6.07, 6.45) is 9.62. The highest BCUT2D eigenvalue weighted by Crippen LogP contribution is 2.13. The third-order valence-electron chi connectivity index (χ3n) is 3.49. The van der Waals surface area contributed by atoms with Gasteiger partial charge in [0.25, 0.3) is 0 Å². The number of carboxylic acid groups (broad SMARTS) is 1. The van der Waals surface area contributed by atoms with E-state index in [9.17, 15) is 9.90 Å². The number of unbranched alkanes of at least 4 members (excludes halogenated alkanes) is 3. The fourth-order valence-electron chi connectivity index (χ4n) is 1.89. The molecule has 0 fully saturated rings. The van der Waals surface area contributed by atoms with Crippen LogP contribution in [0.15, 0.2) is 18.7 Å². The predicted octanol–water partition coefficient (Wildman–Crippen LogP) is 2.79. The van der Waals surface area contributed by atoms with Crippen molar-refractivity contribution in [3.63, 3.8) is 0 Å². The molecule has 0 radical (unpaired) electrons. The Morgan fingerprint density at radius 3 is 2.09 bits per heavy atom. The molecule has 134 valence electrons.